The van der Waals surface area contributed by atoms with Crippen LogP contribution in [0.1, 0.15) is 36.0 Å². The maximum Gasteiger partial charge on any atom is 0.318 e. The predicted octanol–water partition coefficient (Wildman–Crippen LogP) is 5.31. The summed E-state index contributed by atoms with van der Waals surface area (Å²) in [5.41, 5.74) is 2.25. The van der Waals surface area contributed by atoms with Gasteiger partial charge in [0.15, 0.2) is 6.10 Å². The molecule has 0 radical (unpaired) electrons. The van der Waals surface area contributed by atoms with Crippen molar-refractivity contribution >= 4 is 5.97 Å². The van der Waals surface area contributed by atoms with E-state index in [4.69, 9.17) is 9.15 Å². The standard InChI is InChI=1S/C24H19FN2O3/c1-16(22-26-27-23(30-22)19-12-14-20(25)15-13-19)29-24(28)21(17-8-4-2-5-9-17)18-10-6-3-7-11-18/h2-16,21H,1H3/t16-/m0/s1. The Morgan fingerprint density at radius 2 is 1.43 bits per heavy atom. The normalized spacial score (nSPS) is 12.0. The Kier molecular flexibility index (Phi) is 5.66. The van der Waals surface area contributed by atoms with Gasteiger partial charge in [0.05, 0.1) is 0 Å². The number of hydrogen-bond donors (Lipinski definition) is 0. The highest BCUT2D eigenvalue weighted by Gasteiger charge is 2.28. The maximum atomic E-state index is 13.1. The molecule has 0 N–H and O–H groups in total. The molecule has 6 heteroatoms. The van der Waals surface area contributed by atoms with Gasteiger partial charge in [0.1, 0.15) is 11.7 Å². The van der Waals surface area contributed by atoms with Crippen LogP contribution in [0.4, 0.5) is 4.39 Å². The van der Waals surface area contributed by atoms with Crippen LogP contribution in [0.25, 0.3) is 11.5 Å². The maximum absolute atomic E-state index is 13.1. The molecule has 0 spiro atoms. The van der Waals surface area contributed by atoms with Crippen molar-refractivity contribution in [3.8, 4) is 11.5 Å². The minimum atomic E-state index is -0.742. The first-order chi connectivity index (χ1) is 14.6. The molecule has 30 heavy (non-hydrogen) atoms. The van der Waals surface area contributed by atoms with Crippen LogP contribution in [-0.4, -0.2) is 16.2 Å². The molecule has 0 saturated carbocycles. The quantitative estimate of drug-likeness (QED) is 0.409. The Hall–Kier alpha value is -3.80. The molecule has 0 fully saturated rings. The second-order valence-corrected chi connectivity index (χ2v) is 6.79. The first-order valence-electron chi connectivity index (χ1n) is 9.51. The number of ether oxygens (including phenoxy) is 1. The van der Waals surface area contributed by atoms with Gasteiger partial charge >= 0.3 is 5.97 Å². The van der Waals surface area contributed by atoms with E-state index in [0.717, 1.165) is 11.1 Å². The Morgan fingerprint density at radius 3 is 2.00 bits per heavy atom. The summed E-state index contributed by atoms with van der Waals surface area (Å²) in [5, 5.41) is 7.96. The molecule has 0 aliphatic rings. The number of carbonyl (C=O) groups is 1. The summed E-state index contributed by atoms with van der Waals surface area (Å²) < 4.78 is 24.4. The monoisotopic (exact) mass is 402 g/mol. The van der Waals surface area contributed by atoms with Crippen LogP contribution in [0.2, 0.25) is 0 Å². The molecular formula is C24H19FN2O3. The van der Waals surface area contributed by atoms with Crippen molar-refractivity contribution in [3.63, 3.8) is 0 Å². The third-order valence-electron chi connectivity index (χ3n) is 4.67. The summed E-state index contributed by atoms with van der Waals surface area (Å²) in [5.74, 6) is -0.942. The first kappa shape index (κ1) is 19.5. The van der Waals surface area contributed by atoms with Gasteiger partial charge in [-0.3, -0.25) is 4.79 Å². The van der Waals surface area contributed by atoms with Crippen molar-refractivity contribution in [3.05, 3.63) is 108 Å². The SMILES string of the molecule is C[C@H](OC(=O)C(c1ccccc1)c1ccccc1)c1nnc(-c2ccc(F)cc2)o1. The lowest BCUT2D eigenvalue weighted by Crippen LogP contribution is -2.19. The summed E-state index contributed by atoms with van der Waals surface area (Å²) in [4.78, 5) is 13.1. The van der Waals surface area contributed by atoms with E-state index in [1.54, 1.807) is 19.1 Å². The minimum absolute atomic E-state index is 0.169. The van der Waals surface area contributed by atoms with Gasteiger partial charge in [-0.05, 0) is 42.3 Å². The number of nitrogens with zero attached hydrogens (tertiary/aromatic N) is 2. The lowest BCUT2D eigenvalue weighted by Gasteiger charge is -2.19. The molecule has 4 aromatic rings. The molecule has 0 bridgehead atoms. The van der Waals surface area contributed by atoms with Crippen molar-refractivity contribution in [2.24, 2.45) is 0 Å². The second-order valence-electron chi connectivity index (χ2n) is 6.79. The van der Waals surface area contributed by atoms with Crippen molar-refractivity contribution in [1.29, 1.82) is 0 Å². The van der Waals surface area contributed by atoms with Crippen molar-refractivity contribution in [2.75, 3.05) is 0 Å². The number of esters is 1. The lowest BCUT2D eigenvalue weighted by atomic mass is 9.91. The highest BCUT2D eigenvalue weighted by atomic mass is 19.1. The smallest absolute Gasteiger partial charge is 0.318 e. The van der Waals surface area contributed by atoms with Gasteiger partial charge in [-0.1, -0.05) is 60.7 Å². The number of carbonyl (C=O) groups excluding carboxylic acids is 1. The van der Waals surface area contributed by atoms with Crippen LogP contribution in [-0.2, 0) is 9.53 Å². The fourth-order valence-electron chi connectivity index (χ4n) is 3.16. The van der Waals surface area contributed by atoms with Crippen molar-refractivity contribution < 1.29 is 18.3 Å². The first-order valence-corrected chi connectivity index (χ1v) is 9.51. The van der Waals surface area contributed by atoms with Crippen LogP contribution in [0.15, 0.2) is 89.3 Å². The minimum Gasteiger partial charge on any atom is -0.452 e. The van der Waals surface area contributed by atoms with Crippen molar-refractivity contribution in [2.45, 2.75) is 18.9 Å². The van der Waals surface area contributed by atoms with Crippen molar-refractivity contribution in [1.82, 2.24) is 10.2 Å². The Bertz CT molecular complexity index is 1070. The highest BCUT2D eigenvalue weighted by Crippen LogP contribution is 2.29. The van der Waals surface area contributed by atoms with Gasteiger partial charge in [0.2, 0.25) is 5.89 Å². The third kappa shape index (κ3) is 4.27. The zero-order valence-corrected chi connectivity index (χ0v) is 16.2. The van der Waals surface area contributed by atoms with E-state index in [9.17, 15) is 9.18 Å². The molecule has 0 aliphatic heterocycles. The van der Waals surface area contributed by atoms with E-state index in [2.05, 4.69) is 10.2 Å². The van der Waals surface area contributed by atoms with Gasteiger partial charge in [0.25, 0.3) is 5.89 Å². The summed E-state index contributed by atoms with van der Waals surface area (Å²) in [6.07, 6.45) is -0.742. The molecular weight excluding hydrogens is 383 g/mol. The van der Waals surface area contributed by atoms with Crippen LogP contribution >= 0.6 is 0 Å². The predicted molar refractivity (Wildman–Crippen MR) is 109 cm³/mol. The highest BCUT2D eigenvalue weighted by molar-refractivity contribution is 5.82. The Labute approximate surface area is 173 Å². The van der Waals surface area contributed by atoms with Crippen LogP contribution in [0.3, 0.4) is 0 Å². The fourth-order valence-corrected chi connectivity index (χ4v) is 3.16. The van der Waals surface area contributed by atoms with Crippen LogP contribution in [0.5, 0.6) is 0 Å². The number of halogens is 1. The summed E-state index contributed by atoms with van der Waals surface area (Å²) >= 11 is 0. The average molecular weight is 402 g/mol. The molecule has 1 heterocycles. The van der Waals surface area contributed by atoms with E-state index < -0.39 is 18.0 Å². The molecule has 0 saturated heterocycles. The molecule has 150 valence electrons. The molecule has 1 atom stereocenters. The number of aromatic nitrogens is 2. The zero-order chi connectivity index (χ0) is 20.9. The third-order valence-corrected chi connectivity index (χ3v) is 4.67. The number of benzene rings is 3. The molecule has 3 aromatic carbocycles. The van der Waals surface area contributed by atoms with Gasteiger partial charge in [-0.2, -0.15) is 0 Å². The van der Waals surface area contributed by atoms with Gasteiger partial charge in [0, 0.05) is 5.56 Å². The number of hydrogen-bond acceptors (Lipinski definition) is 5. The van der Waals surface area contributed by atoms with Gasteiger partial charge in [-0.25, -0.2) is 4.39 Å². The molecule has 5 nitrogen and oxygen atoms in total. The largest absolute Gasteiger partial charge is 0.452 e. The molecule has 0 aliphatic carbocycles. The summed E-state index contributed by atoms with van der Waals surface area (Å²) in [7, 11) is 0. The van der Waals surface area contributed by atoms with E-state index >= 15 is 0 Å². The van der Waals surface area contributed by atoms with Gasteiger partial charge in [-0.15, -0.1) is 10.2 Å². The number of rotatable bonds is 6. The average Bonchev–Trinajstić information content (AvgIpc) is 3.26. The van der Waals surface area contributed by atoms with E-state index in [-0.39, 0.29) is 17.6 Å². The van der Waals surface area contributed by atoms with E-state index in [1.807, 2.05) is 60.7 Å². The lowest BCUT2D eigenvalue weighted by molar-refractivity contribution is -0.150. The van der Waals surface area contributed by atoms with Crippen LogP contribution in [0, 0.1) is 5.82 Å². The summed E-state index contributed by atoms with van der Waals surface area (Å²) in [6.45, 7) is 1.67. The summed E-state index contributed by atoms with van der Waals surface area (Å²) in [6, 6.07) is 24.6. The van der Waals surface area contributed by atoms with Gasteiger partial charge < -0.3 is 9.15 Å². The Morgan fingerprint density at radius 1 is 0.867 bits per heavy atom. The second kappa shape index (κ2) is 8.69. The fraction of sp³-hybridized carbons (Fsp3) is 0.125. The zero-order valence-electron chi connectivity index (χ0n) is 16.2. The molecule has 0 unspecified atom stereocenters. The Balaban J connectivity index is 1.55. The van der Waals surface area contributed by atoms with Crippen LogP contribution < -0.4 is 0 Å². The topological polar surface area (TPSA) is 65.2 Å². The molecule has 1 aromatic heterocycles. The molecule has 0 amide bonds. The van der Waals surface area contributed by atoms with E-state index in [0.29, 0.717) is 5.56 Å². The van der Waals surface area contributed by atoms with E-state index in [1.165, 1.54) is 12.1 Å². The molecule has 4 rings (SSSR count).